The molecule has 0 bridgehead atoms. The summed E-state index contributed by atoms with van der Waals surface area (Å²) in [5.41, 5.74) is 3.06. The molecule has 27 heavy (non-hydrogen) atoms. The Hall–Kier alpha value is -3.15. The molecule has 0 saturated heterocycles. The standard InChI is InChI=1S/C21H22N4O2/c1-24(2)21(27)15-9-7-14(8-10-15)13-25-18-6-4-3-5-17(18)19(23-25)20(26)22-16-11-12-16/h3-10,16H,11-13H2,1-2H3,(H,22,26). The molecular weight excluding hydrogens is 340 g/mol. The maximum atomic E-state index is 12.5. The maximum Gasteiger partial charge on any atom is 0.272 e. The van der Waals surface area contributed by atoms with Gasteiger partial charge in [-0.3, -0.25) is 14.3 Å². The van der Waals surface area contributed by atoms with Crippen LogP contribution in [0.15, 0.2) is 48.5 Å². The molecule has 4 rings (SSSR count). The van der Waals surface area contributed by atoms with Crippen molar-refractivity contribution in [1.82, 2.24) is 20.0 Å². The first-order valence-electron chi connectivity index (χ1n) is 9.10. The van der Waals surface area contributed by atoms with Crippen LogP contribution in [0.1, 0.15) is 39.3 Å². The second-order valence-electron chi connectivity index (χ2n) is 7.17. The van der Waals surface area contributed by atoms with Crippen LogP contribution in [-0.2, 0) is 6.54 Å². The summed E-state index contributed by atoms with van der Waals surface area (Å²) >= 11 is 0. The minimum Gasteiger partial charge on any atom is -0.348 e. The molecule has 1 aliphatic rings. The SMILES string of the molecule is CN(C)C(=O)c1ccc(Cn2nc(C(=O)NC3CC3)c3ccccc32)cc1. The van der Waals surface area contributed by atoms with Crippen LogP contribution in [0.2, 0.25) is 0 Å². The van der Waals surface area contributed by atoms with E-state index in [1.54, 1.807) is 19.0 Å². The van der Waals surface area contributed by atoms with Crippen LogP contribution in [0.4, 0.5) is 0 Å². The van der Waals surface area contributed by atoms with E-state index in [-0.39, 0.29) is 11.8 Å². The van der Waals surface area contributed by atoms with Gasteiger partial charge in [0.05, 0.1) is 12.1 Å². The average Bonchev–Trinajstić information content (AvgIpc) is 3.41. The number of para-hydroxylation sites is 1. The molecule has 1 aliphatic carbocycles. The molecule has 0 atom stereocenters. The predicted molar refractivity (Wildman–Crippen MR) is 104 cm³/mol. The Morgan fingerprint density at radius 1 is 1.11 bits per heavy atom. The summed E-state index contributed by atoms with van der Waals surface area (Å²) in [6, 6.07) is 15.6. The third-order valence-corrected chi connectivity index (χ3v) is 4.73. The largest absolute Gasteiger partial charge is 0.348 e. The lowest BCUT2D eigenvalue weighted by Crippen LogP contribution is -2.26. The molecule has 1 aromatic heterocycles. The molecule has 3 aromatic rings. The highest BCUT2D eigenvalue weighted by atomic mass is 16.2. The number of hydrogen-bond donors (Lipinski definition) is 1. The van der Waals surface area contributed by atoms with Crippen molar-refractivity contribution in [2.75, 3.05) is 14.1 Å². The fourth-order valence-corrected chi connectivity index (χ4v) is 3.08. The lowest BCUT2D eigenvalue weighted by molar-refractivity contribution is 0.0827. The first-order chi connectivity index (χ1) is 13.0. The quantitative estimate of drug-likeness (QED) is 0.759. The Labute approximate surface area is 157 Å². The number of fused-ring (bicyclic) bond motifs is 1. The van der Waals surface area contributed by atoms with E-state index in [4.69, 9.17) is 0 Å². The zero-order valence-electron chi connectivity index (χ0n) is 15.5. The monoisotopic (exact) mass is 362 g/mol. The second-order valence-corrected chi connectivity index (χ2v) is 7.17. The van der Waals surface area contributed by atoms with Crippen molar-refractivity contribution in [1.29, 1.82) is 0 Å². The van der Waals surface area contributed by atoms with Gasteiger partial charge in [0.15, 0.2) is 5.69 Å². The summed E-state index contributed by atoms with van der Waals surface area (Å²) in [5, 5.41) is 8.45. The van der Waals surface area contributed by atoms with Crippen molar-refractivity contribution in [2.45, 2.75) is 25.4 Å². The van der Waals surface area contributed by atoms with Gasteiger partial charge in [0.2, 0.25) is 0 Å². The normalized spacial score (nSPS) is 13.6. The van der Waals surface area contributed by atoms with Gasteiger partial charge < -0.3 is 10.2 Å². The van der Waals surface area contributed by atoms with Gasteiger partial charge in [-0.25, -0.2) is 0 Å². The first-order valence-corrected chi connectivity index (χ1v) is 9.10. The van der Waals surface area contributed by atoms with E-state index in [1.807, 2.05) is 53.2 Å². The number of carbonyl (C=O) groups excluding carboxylic acids is 2. The van der Waals surface area contributed by atoms with Crippen LogP contribution in [-0.4, -0.2) is 46.6 Å². The van der Waals surface area contributed by atoms with Crippen molar-refractivity contribution in [3.63, 3.8) is 0 Å². The number of nitrogens with zero attached hydrogens (tertiary/aromatic N) is 3. The van der Waals surface area contributed by atoms with E-state index in [0.717, 1.165) is 29.3 Å². The Bertz CT molecular complexity index is 1000. The van der Waals surface area contributed by atoms with Crippen molar-refractivity contribution >= 4 is 22.7 Å². The van der Waals surface area contributed by atoms with E-state index < -0.39 is 0 Å². The number of amides is 2. The zero-order chi connectivity index (χ0) is 19.0. The molecule has 1 fully saturated rings. The van der Waals surface area contributed by atoms with Crippen molar-refractivity contribution in [2.24, 2.45) is 0 Å². The smallest absolute Gasteiger partial charge is 0.272 e. The summed E-state index contributed by atoms with van der Waals surface area (Å²) in [6.45, 7) is 0.535. The van der Waals surface area contributed by atoms with E-state index in [1.165, 1.54) is 0 Å². The number of benzene rings is 2. The first kappa shape index (κ1) is 17.3. The van der Waals surface area contributed by atoms with Gasteiger partial charge in [-0.1, -0.05) is 30.3 Å². The molecule has 0 spiro atoms. The fourth-order valence-electron chi connectivity index (χ4n) is 3.08. The molecule has 1 heterocycles. The van der Waals surface area contributed by atoms with E-state index in [9.17, 15) is 9.59 Å². The highest BCUT2D eigenvalue weighted by Crippen LogP contribution is 2.23. The number of hydrogen-bond acceptors (Lipinski definition) is 3. The van der Waals surface area contributed by atoms with Crippen molar-refractivity contribution in [3.8, 4) is 0 Å². The number of carbonyl (C=O) groups is 2. The van der Waals surface area contributed by atoms with Crippen LogP contribution in [0.5, 0.6) is 0 Å². The molecule has 0 aliphatic heterocycles. The molecule has 2 aromatic carbocycles. The molecule has 1 saturated carbocycles. The molecular formula is C21H22N4O2. The summed E-state index contributed by atoms with van der Waals surface area (Å²) in [4.78, 5) is 26.1. The van der Waals surface area contributed by atoms with Crippen molar-refractivity contribution in [3.05, 3.63) is 65.4 Å². The highest BCUT2D eigenvalue weighted by Gasteiger charge is 2.26. The third kappa shape index (κ3) is 3.56. The van der Waals surface area contributed by atoms with Gasteiger partial charge in [-0.15, -0.1) is 0 Å². The van der Waals surface area contributed by atoms with Gasteiger partial charge in [0, 0.05) is 31.1 Å². The second kappa shape index (κ2) is 6.87. The van der Waals surface area contributed by atoms with Crippen LogP contribution >= 0.6 is 0 Å². The summed E-state index contributed by atoms with van der Waals surface area (Å²) in [7, 11) is 3.47. The van der Waals surface area contributed by atoms with E-state index >= 15 is 0 Å². The molecule has 2 amide bonds. The Morgan fingerprint density at radius 2 is 1.81 bits per heavy atom. The molecule has 6 nitrogen and oxygen atoms in total. The summed E-state index contributed by atoms with van der Waals surface area (Å²) < 4.78 is 1.85. The van der Waals surface area contributed by atoms with Gasteiger partial charge in [0.25, 0.3) is 11.8 Å². The molecule has 0 unspecified atom stereocenters. The average molecular weight is 362 g/mol. The summed E-state index contributed by atoms with van der Waals surface area (Å²) in [5.74, 6) is -0.135. The van der Waals surface area contributed by atoms with Crippen LogP contribution in [0, 0.1) is 0 Å². The molecule has 138 valence electrons. The molecule has 1 N–H and O–H groups in total. The Morgan fingerprint density at radius 3 is 2.48 bits per heavy atom. The Balaban J connectivity index is 1.62. The molecule has 6 heteroatoms. The van der Waals surface area contributed by atoms with E-state index in [0.29, 0.717) is 23.8 Å². The van der Waals surface area contributed by atoms with Crippen LogP contribution < -0.4 is 5.32 Å². The van der Waals surface area contributed by atoms with Crippen molar-refractivity contribution < 1.29 is 9.59 Å². The van der Waals surface area contributed by atoms with Crippen LogP contribution in [0.25, 0.3) is 10.9 Å². The maximum absolute atomic E-state index is 12.5. The van der Waals surface area contributed by atoms with Gasteiger partial charge in [-0.05, 0) is 36.6 Å². The van der Waals surface area contributed by atoms with E-state index in [2.05, 4.69) is 10.4 Å². The summed E-state index contributed by atoms with van der Waals surface area (Å²) in [6.07, 6.45) is 2.09. The minimum absolute atomic E-state index is 0.0230. The number of aromatic nitrogens is 2. The van der Waals surface area contributed by atoms with Crippen LogP contribution in [0.3, 0.4) is 0 Å². The predicted octanol–water partition coefficient (Wildman–Crippen LogP) is 2.68. The van der Waals surface area contributed by atoms with Gasteiger partial charge in [-0.2, -0.15) is 5.10 Å². The highest BCUT2D eigenvalue weighted by molar-refractivity contribution is 6.05. The minimum atomic E-state index is -0.112. The third-order valence-electron chi connectivity index (χ3n) is 4.73. The number of nitrogens with one attached hydrogen (secondary N) is 1. The topological polar surface area (TPSA) is 67.2 Å². The lowest BCUT2D eigenvalue weighted by atomic mass is 10.1. The molecule has 0 radical (unpaired) electrons. The fraction of sp³-hybridized carbons (Fsp3) is 0.286. The zero-order valence-corrected chi connectivity index (χ0v) is 15.5. The number of rotatable bonds is 5. The van der Waals surface area contributed by atoms with Gasteiger partial charge in [0.1, 0.15) is 0 Å². The Kier molecular flexibility index (Phi) is 4.39. The van der Waals surface area contributed by atoms with Gasteiger partial charge >= 0.3 is 0 Å². The lowest BCUT2D eigenvalue weighted by Gasteiger charge is -2.10.